The standard InChI is InChI=1S/C21H29FN4O3S/c22-17-10-16(11-18(12-17)29-14-15-4-5-15)21(6-7-21)24-26(30)9-3-1-2-8-25-13-19(27)23-20(25)28/h10-12,15,24,30H,1-9,13-14H2,(H,23,27,28). The number of rotatable bonds is 12. The Morgan fingerprint density at radius 2 is 2.03 bits per heavy atom. The zero-order valence-corrected chi connectivity index (χ0v) is 17.9. The van der Waals surface area contributed by atoms with E-state index >= 15 is 0 Å². The van der Waals surface area contributed by atoms with Gasteiger partial charge in [0.15, 0.2) is 0 Å². The lowest BCUT2D eigenvalue weighted by molar-refractivity contribution is -0.118. The molecule has 2 N–H and O–H groups in total. The minimum absolute atomic E-state index is 0.154. The summed E-state index contributed by atoms with van der Waals surface area (Å²) in [5, 5.41) is 2.28. The first-order valence-corrected chi connectivity index (χ1v) is 11.1. The van der Waals surface area contributed by atoms with Crippen LogP contribution in [-0.2, 0) is 10.3 Å². The summed E-state index contributed by atoms with van der Waals surface area (Å²) >= 11 is 4.54. The summed E-state index contributed by atoms with van der Waals surface area (Å²) in [6.45, 7) is 2.11. The van der Waals surface area contributed by atoms with E-state index in [2.05, 4.69) is 23.6 Å². The Labute approximate surface area is 181 Å². The van der Waals surface area contributed by atoms with Crippen molar-refractivity contribution < 1.29 is 18.7 Å². The molecule has 3 aliphatic rings. The van der Waals surface area contributed by atoms with Crippen LogP contribution >= 0.6 is 12.8 Å². The van der Waals surface area contributed by atoms with Gasteiger partial charge in [0, 0.05) is 19.2 Å². The Kier molecular flexibility index (Phi) is 6.50. The van der Waals surface area contributed by atoms with Crippen LogP contribution in [0, 0.1) is 11.7 Å². The number of benzene rings is 1. The fourth-order valence-electron chi connectivity index (χ4n) is 3.72. The largest absolute Gasteiger partial charge is 0.493 e. The van der Waals surface area contributed by atoms with Gasteiger partial charge in [0.2, 0.25) is 5.91 Å². The lowest BCUT2D eigenvalue weighted by Gasteiger charge is -2.25. The average Bonchev–Trinajstić information content (AvgIpc) is 3.61. The fourth-order valence-corrected chi connectivity index (χ4v) is 4.05. The van der Waals surface area contributed by atoms with Crippen molar-refractivity contribution in [1.29, 1.82) is 0 Å². The minimum atomic E-state index is -0.302. The van der Waals surface area contributed by atoms with Crippen molar-refractivity contribution in [2.24, 2.45) is 5.92 Å². The Bertz CT molecular complexity index is 800. The van der Waals surface area contributed by atoms with Crippen LogP contribution in [0.2, 0.25) is 0 Å². The van der Waals surface area contributed by atoms with Crippen LogP contribution in [-0.4, -0.2) is 47.5 Å². The Morgan fingerprint density at radius 1 is 1.23 bits per heavy atom. The number of urea groups is 1. The zero-order valence-electron chi connectivity index (χ0n) is 17.0. The number of nitrogens with zero attached hydrogens (tertiary/aromatic N) is 2. The molecule has 3 fully saturated rings. The number of hydrogen-bond acceptors (Lipinski definition) is 6. The topological polar surface area (TPSA) is 73.9 Å². The SMILES string of the molecule is O=C1CN(CCCCCN(S)NC2(c3cc(F)cc(OCC4CC4)c3)CC2)C(=O)N1. The summed E-state index contributed by atoms with van der Waals surface area (Å²) in [6.07, 6.45) is 6.90. The third kappa shape index (κ3) is 5.65. The molecule has 0 radical (unpaired) electrons. The molecular formula is C21H29FN4O3S. The average molecular weight is 437 g/mol. The van der Waals surface area contributed by atoms with Gasteiger partial charge in [-0.25, -0.2) is 14.6 Å². The highest BCUT2D eigenvalue weighted by Crippen LogP contribution is 2.47. The summed E-state index contributed by atoms with van der Waals surface area (Å²) in [7, 11) is 0. The molecule has 0 unspecified atom stereocenters. The normalized spacial score (nSPS) is 20.0. The first-order chi connectivity index (χ1) is 14.4. The minimum Gasteiger partial charge on any atom is -0.493 e. The predicted molar refractivity (Wildman–Crippen MR) is 113 cm³/mol. The van der Waals surface area contributed by atoms with Crippen molar-refractivity contribution in [3.63, 3.8) is 0 Å². The highest BCUT2D eigenvalue weighted by molar-refractivity contribution is 7.77. The van der Waals surface area contributed by atoms with Gasteiger partial charge in [-0.15, -0.1) is 0 Å². The van der Waals surface area contributed by atoms with Gasteiger partial charge in [-0.05, 0) is 62.1 Å². The monoisotopic (exact) mass is 436 g/mol. The van der Waals surface area contributed by atoms with E-state index in [4.69, 9.17) is 4.74 Å². The maximum atomic E-state index is 14.1. The van der Waals surface area contributed by atoms with Crippen molar-refractivity contribution in [3.8, 4) is 5.75 Å². The van der Waals surface area contributed by atoms with E-state index < -0.39 is 0 Å². The fraction of sp³-hybridized carbons (Fsp3) is 0.619. The number of thiol groups is 1. The van der Waals surface area contributed by atoms with Gasteiger partial charge in [0.25, 0.3) is 0 Å². The van der Waals surface area contributed by atoms with Gasteiger partial charge >= 0.3 is 6.03 Å². The van der Waals surface area contributed by atoms with Crippen LogP contribution in [0.15, 0.2) is 18.2 Å². The van der Waals surface area contributed by atoms with Crippen molar-refractivity contribution in [2.75, 3.05) is 26.2 Å². The quantitative estimate of drug-likeness (QED) is 0.203. The van der Waals surface area contributed by atoms with Gasteiger partial charge < -0.3 is 9.64 Å². The molecule has 30 heavy (non-hydrogen) atoms. The van der Waals surface area contributed by atoms with Crippen molar-refractivity contribution in [1.82, 2.24) is 20.1 Å². The molecule has 0 spiro atoms. The maximum Gasteiger partial charge on any atom is 0.324 e. The first kappa shape index (κ1) is 21.4. The lowest BCUT2D eigenvalue weighted by atomic mass is 10.1. The Hall–Kier alpha value is -1.84. The summed E-state index contributed by atoms with van der Waals surface area (Å²) in [5.74, 6) is 0.707. The van der Waals surface area contributed by atoms with Crippen LogP contribution in [0.4, 0.5) is 9.18 Å². The zero-order chi connectivity index (χ0) is 21.1. The van der Waals surface area contributed by atoms with E-state index in [0.717, 1.165) is 44.2 Å². The summed E-state index contributed by atoms with van der Waals surface area (Å²) in [4.78, 5) is 24.2. The van der Waals surface area contributed by atoms with Gasteiger partial charge in [-0.2, -0.15) is 4.41 Å². The number of ether oxygens (including phenoxy) is 1. The molecule has 4 rings (SSSR count). The van der Waals surface area contributed by atoms with E-state index in [1.165, 1.54) is 23.8 Å². The number of imide groups is 1. The van der Waals surface area contributed by atoms with E-state index in [1.54, 1.807) is 10.5 Å². The second kappa shape index (κ2) is 9.11. The number of nitrogens with one attached hydrogen (secondary N) is 2. The molecule has 2 saturated carbocycles. The molecule has 1 aromatic carbocycles. The highest BCUT2D eigenvalue weighted by atomic mass is 32.1. The molecular weight excluding hydrogens is 407 g/mol. The van der Waals surface area contributed by atoms with Gasteiger partial charge in [0.1, 0.15) is 18.1 Å². The number of carbonyl (C=O) groups is 2. The van der Waals surface area contributed by atoms with Crippen LogP contribution in [0.5, 0.6) is 5.75 Å². The Morgan fingerprint density at radius 3 is 2.70 bits per heavy atom. The predicted octanol–water partition coefficient (Wildman–Crippen LogP) is 2.98. The molecule has 0 aromatic heterocycles. The van der Waals surface area contributed by atoms with Gasteiger partial charge in [-0.1, -0.05) is 19.2 Å². The molecule has 164 valence electrons. The second-order valence-electron chi connectivity index (χ2n) is 8.58. The van der Waals surface area contributed by atoms with E-state index in [9.17, 15) is 14.0 Å². The Balaban J connectivity index is 1.20. The molecule has 9 heteroatoms. The molecule has 0 atom stereocenters. The van der Waals surface area contributed by atoms with Crippen LogP contribution < -0.4 is 15.5 Å². The summed E-state index contributed by atoms with van der Waals surface area (Å²) < 4.78 is 21.7. The third-order valence-corrected chi connectivity index (χ3v) is 6.17. The van der Waals surface area contributed by atoms with Crippen molar-refractivity contribution >= 4 is 24.8 Å². The maximum absolute atomic E-state index is 14.1. The summed E-state index contributed by atoms with van der Waals surface area (Å²) in [5.41, 5.74) is 4.03. The molecule has 1 aliphatic heterocycles. The van der Waals surface area contributed by atoms with Gasteiger partial charge in [0.05, 0.1) is 12.1 Å². The number of unbranched alkanes of at least 4 members (excludes halogenated alkanes) is 2. The smallest absolute Gasteiger partial charge is 0.324 e. The van der Waals surface area contributed by atoms with E-state index in [1.807, 2.05) is 6.07 Å². The summed E-state index contributed by atoms with van der Waals surface area (Å²) in [6, 6.07) is 4.67. The molecule has 1 saturated heterocycles. The van der Waals surface area contributed by atoms with Gasteiger partial charge in [-0.3, -0.25) is 10.1 Å². The number of amides is 3. The highest BCUT2D eigenvalue weighted by Gasteiger charge is 2.45. The molecule has 3 amide bonds. The van der Waals surface area contributed by atoms with Crippen molar-refractivity contribution in [2.45, 2.75) is 50.5 Å². The number of hydrazine groups is 1. The van der Waals surface area contributed by atoms with Crippen molar-refractivity contribution in [3.05, 3.63) is 29.6 Å². The van der Waals surface area contributed by atoms with E-state index in [-0.39, 0.29) is 29.8 Å². The molecule has 1 aromatic rings. The van der Waals surface area contributed by atoms with Crippen LogP contribution in [0.3, 0.4) is 0 Å². The molecule has 1 heterocycles. The van der Waals surface area contributed by atoms with E-state index in [0.29, 0.717) is 24.8 Å². The molecule has 0 bridgehead atoms. The van der Waals surface area contributed by atoms with Crippen LogP contribution in [0.25, 0.3) is 0 Å². The molecule has 2 aliphatic carbocycles. The van der Waals surface area contributed by atoms with Crippen LogP contribution in [0.1, 0.15) is 50.5 Å². The molecule has 7 nitrogen and oxygen atoms in total. The first-order valence-electron chi connectivity index (χ1n) is 10.7. The lowest BCUT2D eigenvalue weighted by Crippen LogP contribution is -2.40. The number of halogens is 1. The number of carbonyl (C=O) groups excluding carboxylic acids is 2. The second-order valence-corrected chi connectivity index (χ2v) is 9.07. The third-order valence-electron chi connectivity index (χ3n) is 5.87. The number of hydrogen-bond donors (Lipinski definition) is 3.